The normalized spacial score (nSPS) is 14.3. The lowest BCUT2D eigenvalue weighted by Gasteiger charge is -2.25. The van der Waals surface area contributed by atoms with Crippen molar-refractivity contribution in [2.24, 2.45) is 0 Å². The van der Waals surface area contributed by atoms with Gasteiger partial charge in [-0.25, -0.2) is 9.78 Å². The average Bonchev–Trinajstić information content (AvgIpc) is 2.36. The maximum Gasteiger partial charge on any atom is 0.433 e. The number of hydrogen-bond donors (Lipinski definition) is 2. The number of anilines is 1. The molecule has 1 rings (SSSR count). The first-order valence-corrected chi connectivity index (χ1v) is 5.74. The third-order valence-electron chi connectivity index (χ3n) is 2.96. The lowest BCUT2D eigenvalue weighted by Crippen LogP contribution is -2.42. The first kappa shape index (κ1) is 16.7. The van der Waals surface area contributed by atoms with Crippen LogP contribution in [0, 0.1) is 10.1 Å². The molecule has 1 aromatic heterocycles. The second-order valence-corrected chi connectivity index (χ2v) is 4.46. The summed E-state index contributed by atoms with van der Waals surface area (Å²) in [6.45, 7) is 2.70. The molecule has 0 fully saturated rings. The highest BCUT2D eigenvalue weighted by molar-refractivity contribution is 5.83. The summed E-state index contributed by atoms with van der Waals surface area (Å²) in [5.74, 6) is -1.34. The summed E-state index contributed by atoms with van der Waals surface area (Å²) < 4.78 is 37.8. The molecule has 0 aliphatic rings. The van der Waals surface area contributed by atoms with Crippen molar-refractivity contribution in [2.45, 2.75) is 32.0 Å². The van der Waals surface area contributed by atoms with Crippen LogP contribution in [0.15, 0.2) is 12.3 Å². The number of rotatable bonds is 5. The van der Waals surface area contributed by atoms with Crippen LogP contribution >= 0.6 is 0 Å². The van der Waals surface area contributed by atoms with Gasteiger partial charge in [0.2, 0.25) is 0 Å². The van der Waals surface area contributed by atoms with Crippen molar-refractivity contribution < 1.29 is 28.0 Å². The number of halogens is 3. The van der Waals surface area contributed by atoms with E-state index in [0.717, 1.165) is 0 Å². The molecule has 0 aliphatic heterocycles. The Hall–Kier alpha value is -2.39. The molecule has 1 heterocycles. The van der Waals surface area contributed by atoms with Crippen molar-refractivity contribution in [3.8, 4) is 0 Å². The monoisotopic (exact) mass is 307 g/mol. The molecule has 0 spiro atoms. The van der Waals surface area contributed by atoms with Gasteiger partial charge < -0.3 is 10.4 Å². The van der Waals surface area contributed by atoms with E-state index < -0.39 is 39.7 Å². The number of alkyl halides is 3. The van der Waals surface area contributed by atoms with Gasteiger partial charge in [0.1, 0.15) is 23.1 Å². The van der Waals surface area contributed by atoms with Crippen LogP contribution in [0.5, 0.6) is 0 Å². The van der Waals surface area contributed by atoms with Gasteiger partial charge in [0.05, 0.1) is 4.92 Å². The summed E-state index contributed by atoms with van der Waals surface area (Å²) >= 11 is 0. The Bertz CT molecular complexity index is 576. The summed E-state index contributed by atoms with van der Waals surface area (Å²) in [7, 11) is 0. The van der Waals surface area contributed by atoms with Gasteiger partial charge >= 0.3 is 17.8 Å². The molecule has 0 aliphatic carbocycles. The lowest BCUT2D eigenvalue weighted by atomic mass is 9.98. The van der Waals surface area contributed by atoms with E-state index in [1.807, 2.05) is 0 Å². The second kappa shape index (κ2) is 5.54. The third kappa shape index (κ3) is 3.58. The second-order valence-electron chi connectivity index (χ2n) is 4.46. The minimum absolute atomic E-state index is 0.00314. The number of carboxylic acid groups (broad SMARTS) is 1. The van der Waals surface area contributed by atoms with Gasteiger partial charge in [-0.15, -0.1) is 0 Å². The Morgan fingerprint density at radius 1 is 1.52 bits per heavy atom. The van der Waals surface area contributed by atoms with Crippen LogP contribution in [-0.4, -0.2) is 26.5 Å². The average molecular weight is 307 g/mol. The van der Waals surface area contributed by atoms with Crippen molar-refractivity contribution in [1.29, 1.82) is 0 Å². The van der Waals surface area contributed by atoms with Crippen LogP contribution < -0.4 is 5.32 Å². The number of aliphatic carboxylic acids is 1. The van der Waals surface area contributed by atoms with Crippen molar-refractivity contribution in [2.75, 3.05) is 5.32 Å². The minimum Gasteiger partial charge on any atom is -0.480 e. The number of hydrogen-bond acceptors (Lipinski definition) is 5. The van der Waals surface area contributed by atoms with Crippen LogP contribution in [0.1, 0.15) is 26.0 Å². The number of nitro groups is 1. The Morgan fingerprint density at radius 2 is 2.10 bits per heavy atom. The molecular formula is C11H12F3N3O4. The highest BCUT2D eigenvalue weighted by Crippen LogP contribution is 2.34. The zero-order valence-electron chi connectivity index (χ0n) is 11.1. The molecule has 1 unspecified atom stereocenters. The highest BCUT2D eigenvalue weighted by Gasteiger charge is 2.37. The molecule has 0 amide bonds. The zero-order chi connectivity index (χ0) is 16.4. The predicted octanol–water partition coefficient (Wildman–Crippen LogP) is 2.67. The molecule has 0 aromatic carbocycles. The van der Waals surface area contributed by atoms with E-state index in [2.05, 4.69) is 10.3 Å². The molecule has 0 bridgehead atoms. The molecule has 0 saturated carbocycles. The number of carbonyl (C=O) groups is 1. The van der Waals surface area contributed by atoms with Crippen molar-refractivity contribution in [3.63, 3.8) is 0 Å². The highest BCUT2D eigenvalue weighted by atomic mass is 19.4. The van der Waals surface area contributed by atoms with E-state index >= 15 is 0 Å². The van der Waals surface area contributed by atoms with Gasteiger partial charge in [-0.1, -0.05) is 6.92 Å². The fourth-order valence-electron chi connectivity index (χ4n) is 1.44. The summed E-state index contributed by atoms with van der Waals surface area (Å²) in [5.41, 5.74) is -4.27. The molecule has 1 atom stereocenters. The Kier molecular flexibility index (Phi) is 4.40. The quantitative estimate of drug-likeness (QED) is 0.640. The van der Waals surface area contributed by atoms with E-state index in [9.17, 15) is 28.1 Å². The van der Waals surface area contributed by atoms with E-state index in [1.165, 1.54) is 13.8 Å². The Balaban J connectivity index is 3.37. The number of aromatic nitrogens is 1. The van der Waals surface area contributed by atoms with E-state index in [0.29, 0.717) is 12.3 Å². The predicted molar refractivity (Wildman–Crippen MR) is 65.8 cm³/mol. The molecule has 21 heavy (non-hydrogen) atoms. The van der Waals surface area contributed by atoms with Gasteiger partial charge in [0.15, 0.2) is 0 Å². The van der Waals surface area contributed by atoms with Gasteiger partial charge in [-0.05, 0) is 19.4 Å². The molecule has 0 saturated heterocycles. The molecule has 2 N–H and O–H groups in total. The number of pyridine rings is 1. The maximum atomic E-state index is 12.6. The molecule has 7 nitrogen and oxygen atoms in total. The fourth-order valence-corrected chi connectivity index (χ4v) is 1.44. The summed E-state index contributed by atoms with van der Waals surface area (Å²) in [4.78, 5) is 24.0. The lowest BCUT2D eigenvalue weighted by molar-refractivity contribution is -0.384. The molecule has 116 valence electrons. The molecule has 1 aromatic rings. The number of carboxylic acids is 1. The van der Waals surface area contributed by atoms with Crippen molar-refractivity contribution in [1.82, 2.24) is 4.98 Å². The first-order valence-electron chi connectivity index (χ1n) is 5.74. The minimum atomic E-state index is -4.79. The summed E-state index contributed by atoms with van der Waals surface area (Å²) in [6, 6.07) is 0.426. The van der Waals surface area contributed by atoms with E-state index in [-0.39, 0.29) is 6.42 Å². The topological polar surface area (TPSA) is 105 Å². The molecule has 0 radical (unpaired) electrons. The van der Waals surface area contributed by atoms with E-state index in [1.54, 1.807) is 0 Å². The maximum absolute atomic E-state index is 12.6. The Labute approximate surface area is 116 Å². The zero-order valence-corrected chi connectivity index (χ0v) is 11.1. The van der Waals surface area contributed by atoms with Crippen LogP contribution in [-0.2, 0) is 11.0 Å². The molecular weight excluding hydrogens is 295 g/mol. The van der Waals surface area contributed by atoms with Crippen molar-refractivity contribution in [3.05, 3.63) is 28.1 Å². The third-order valence-corrected chi connectivity index (χ3v) is 2.96. The van der Waals surface area contributed by atoms with Gasteiger partial charge in [-0.3, -0.25) is 10.1 Å². The number of nitrogens with zero attached hydrogens (tertiary/aromatic N) is 2. The van der Waals surface area contributed by atoms with Crippen LogP contribution in [0.3, 0.4) is 0 Å². The van der Waals surface area contributed by atoms with Crippen LogP contribution in [0.25, 0.3) is 0 Å². The standard InChI is InChI=1S/C11H12F3N3O4/c1-3-10(2,9(18)19)16-6-4-8(11(12,13)14)15-5-7(6)17(20)21/h4-5H,3H2,1-2H3,(H,15,16)(H,18,19). The van der Waals surface area contributed by atoms with Crippen molar-refractivity contribution >= 4 is 17.3 Å². The van der Waals surface area contributed by atoms with Gasteiger partial charge in [0.25, 0.3) is 0 Å². The smallest absolute Gasteiger partial charge is 0.433 e. The first-order chi connectivity index (χ1) is 9.51. The summed E-state index contributed by atoms with van der Waals surface area (Å²) in [5, 5.41) is 22.2. The van der Waals surface area contributed by atoms with Crippen LogP contribution in [0.4, 0.5) is 24.5 Å². The number of nitrogens with one attached hydrogen (secondary N) is 1. The Morgan fingerprint density at radius 3 is 2.48 bits per heavy atom. The SMILES string of the molecule is CCC(C)(Nc1cc(C(F)(F)F)ncc1[N+](=O)[O-])C(=O)O. The van der Waals surface area contributed by atoms with Gasteiger partial charge in [0, 0.05) is 0 Å². The fraction of sp³-hybridized carbons (Fsp3) is 0.455. The van der Waals surface area contributed by atoms with Gasteiger partial charge in [-0.2, -0.15) is 13.2 Å². The summed E-state index contributed by atoms with van der Waals surface area (Å²) in [6.07, 6.45) is -4.34. The molecule has 10 heteroatoms. The van der Waals surface area contributed by atoms with Crippen LogP contribution in [0.2, 0.25) is 0 Å². The largest absolute Gasteiger partial charge is 0.480 e. The van der Waals surface area contributed by atoms with E-state index in [4.69, 9.17) is 5.11 Å².